The summed E-state index contributed by atoms with van der Waals surface area (Å²) >= 11 is 0. The van der Waals surface area contributed by atoms with Crippen molar-refractivity contribution in [3.8, 4) is 11.5 Å². The predicted octanol–water partition coefficient (Wildman–Crippen LogP) is 4.09. The van der Waals surface area contributed by atoms with Gasteiger partial charge in [-0.3, -0.25) is 0 Å². The Hall–Kier alpha value is -1.96. The monoisotopic (exact) mass is 278 g/mol. The molecule has 0 bridgehead atoms. The molecule has 3 atom stereocenters. The van der Waals surface area contributed by atoms with E-state index in [1.54, 1.807) is 0 Å². The van der Waals surface area contributed by atoms with E-state index < -0.39 is 0 Å². The molecular formula is C19H18O2. The number of para-hydroxylation sites is 2. The maximum absolute atomic E-state index is 6.31. The molecule has 3 aliphatic rings. The first-order valence-corrected chi connectivity index (χ1v) is 7.72. The lowest BCUT2D eigenvalue weighted by atomic mass is 9.91. The first-order chi connectivity index (χ1) is 10.2. The van der Waals surface area contributed by atoms with Gasteiger partial charge in [-0.15, -0.1) is 0 Å². The minimum Gasteiger partial charge on any atom is -0.487 e. The van der Waals surface area contributed by atoms with E-state index in [9.17, 15) is 0 Å². The highest BCUT2D eigenvalue weighted by Crippen LogP contribution is 2.65. The van der Waals surface area contributed by atoms with Crippen LogP contribution in [0.25, 0.3) is 0 Å². The standard InChI is InChI=1S/C19H18O2/c1-18(10-13-6-2-4-8-16(13)20-18)12-19-11-15(19)14-7-3-5-9-17(14)21-19/h2-9,15H,10-12H2,1H3. The minimum atomic E-state index is -0.138. The Bertz CT molecular complexity index is 708. The molecule has 21 heavy (non-hydrogen) atoms. The fourth-order valence-corrected chi connectivity index (χ4v) is 4.29. The van der Waals surface area contributed by atoms with Crippen LogP contribution in [-0.2, 0) is 6.42 Å². The summed E-state index contributed by atoms with van der Waals surface area (Å²) in [7, 11) is 0. The summed E-state index contributed by atoms with van der Waals surface area (Å²) in [5, 5.41) is 0. The van der Waals surface area contributed by atoms with Gasteiger partial charge in [-0.2, -0.15) is 0 Å². The van der Waals surface area contributed by atoms with Gasteiger partial charge in [-0.1, -0.05) is 36.4 Å². The molecule has 5 rings (SSSR count). The molecule has 1 aliphatic carbocycles. The predicted molar refractivity (Wildman–Crippen MR) is 81.0 cm³/mol. The van der Waals surface area contributed by atoms with Gasteiger partial charge in [-0.25, -0.2) is 0 Å². The number of hydrogen-bond donors (Lipinski definition) is 0. The van der Waals surface area contributed by atoms with Gasteiger partial charge >= 0.3 is 0 Å². The summed E-state index contributed by atoms with van der Waals surface area (Å²) in [5.74, 6) is 2.69. The number of fused-ring (bicyclic) bond motifs is 4. The van der Waals surface area contributed by atoms with Gasteiger partial charge in [0.2, 0.25) is 0 Å². The second-order valence-electron chi connectivity index (χ2n) is 6.97. The second kappa shape index (κ2) is 3.62. The van der Waals surface area contributed by atoms with E-state index in [1.165, 1.54) is 11.1 Å². The van der Waals surface area contributed by atoms with Gasteiger partial charge in [0.05, 0.1) is 0 Å². The Balaban J connectivity index is 1.41. The lowest BCUT2D eigenvalue weighted by Gasteiger charge is -2.28. The third-order valence-electron chi connectivity index (χ3n) is 5.20. The molecule has 2 heteroatoms. The highest BCUT2D eigenvalue weighted by molar-refractivity contribution is 5.50. The molecule has 106 valence electrons. The summed E-state index contributed by atoms with van der Waals surface area (Å²) in [6, 6.07) is 16.9. The van der Waals surface area contributed by atoms with E-state index in [2.05, 4.69) is 49.4 Å². The molecule has 0 radical (unpaired) electrons. The van der Waals surface area contributed by atoms with Crippen molar-refractivity contribution in [1.82, 2.24) is 0 Å². The molecule has 1 saturated carbocycles. The van der Waals surface area contributed by atoms with E-state index in [4.69, 9.17) is 9.47 Å². The maximum Gasteiger partial charge on any atom is 0.123 e. The normalized spacial score (nSPS) is 34.4. The minimum absolute atomic E-state index is 0.0134. The van der Waals surface area contributed by atoms with Crippen LogP contribution in [-0.4, -0.2) is 11.2 Å². The quantitative estimate of drug-likeness (QED) is 0.823. The van der Waals surface area contributed by atoms with Crippen LogP contribution in [0, 0.1) is 0 Å². The van der Waals surface area contributed by atoms with Crippen LogP contribution in [0.2, 0.25) is 0 Å². The Morgan fingerprint density at radius 2 is 1.76 bits per heavy atom. The zero-order valence-electron chi connectivity index (χ0n) is 12.1. The van der Waals surface area contributed by atoms with Gasteiger partial charge in [0.25, 0.3) is 0 Å². The van der Waals surface area contributed by atoms with Crippen molar-refractivity contribution in [3.05, 3.63) is 59.7 Å². The molecule has 0 saturated heterocycles. The average molecular weight is 278 g/mol. The van der Waals surface area contributed by atoms with Crippen molar-refractivity contribution >= 4 is 0 Å². The molecule has 0 N–H and O–H groups in total. The van der Waals surface area contributed by atoms with E-state index in [1.807, 2.05) is 6.07 Å². The highest BCUT2D eigenvalue weighted by Gasteiger charge is 2.65. The van der Waals surface area contributed by atoms with E-state index in [0.29, 0.717) is 5.92 Å². The van der Waals surface area contributed by atoms with Crippen molar-refractivity contribution in [2.24, 2.45) is 0 Å². The summed E-state index contributed by atoms with van der Waals surface area (Å²) in [4.78, 5) is 0. The topological polar surface area (TPSA) is 18.5 Å². The number of benzene rings is 2. The van der Waals surface area contributed by atoms with Crippen LogP contribution >= 0.6 is 0 Å². The molecule has 2 aromatic rings. The smallest absolute Gasteiger partial charge is 0.123 e. The molecule has 2 aliphatic heterocycles. The van der Waals surface area contributed by atoms with Gasteiger partial charge in [0.1, 0.15) is 22.7 Å². The molecule has 0 spiro atoms. The van der Waals surface area contributed by atoms with Crippen molar-refractivity contribution < 1.29 is 9.47 Å². The first kappa shape index (κ1) is 11.7. The number of ether oxygens (including phenoxy) is 2. The largest absolute Gasteiger partial charge is 0.487 e. The lowest BCUT2D eigenvalue weighted by Crippen LogP contribution is -2.38. The Morgan fingerprint density at radius 1 is 1.00 bits per heavy atom. The molecular weight excluding hydrogens is 260 g/mol. The average Bonchev–Trinajstić information content (AvgIpc) is 2.90. The molecule has 2 nitrogen and oxygen atoms in total. The van der Waals surface area contributed by atoms with E-state index >= 15 is 0 Å². The van der Waals surface area contributed by atoms with Crippen LogP contribution in [0.4, 0.5) is 0 Å². The highest BCUT2D eigenvalue weighted by atomic mass is 16.5. The molecule has 0 aromatic heterocycles. The Morgan fingerprint density at radius 3 is 2.57 bits per heavy atom. The summed E-state index contributed by atoms with van der Waals surface area (Å²) in [5.41, 5.74) is 2.56. The van der Waals surface area contributed by atoms with Gasteiger partial charge in [0.15, 0.2) is 0 Å². The molecule has 2 aromatic carbocycles. The summed E-state index contributed by atoms with van der Waals surface area (Å²) in [6.45, 7) is 2.23. The maximum atomic E-state index is 6.31. The zero-order chi connectivity index (χ0) is 14.1. The van der Waals surface area contributed by atoms with E-state index in [0.717, 1.165) is 30.8 Å². The van der Waals surface area contributed by atoms with Gasteiger partial charge in [0, 0.05) is 24.3 Å². The van der Waals surface area contributed by atoms with Gasteiger partial charge in [-0.05, 0) is 31.0 Å². The van der Waals surface area contributed by atoms with Crippen LogP contribution in [0.15, 0.2) is 48.5 Å². The van der Waals surface area contributed by atoms with Crippen LogP contribution in [0.5, 0.6) is 11.5 Å². The molecule has 3 unspecified atom stereocenters. The van der Waals surface area contributed by atoms with Gasteiger partial charge < -0.3 is 9.47 Å². The third-order valence-corrected chi connectivity index (χ3v) is 5.20. The second-order valence-corrected chi connectivity index (χ2v) is 6.97. The van der Waals surface area contributed by atoms with Crippen LogP contribution in [0.1, 0.15) is 36.8 Å². The van der Waals surface area contributed by atoms with Crippen molar-refractivity contribution in [2.45, 2.75) is 43.3 Å². The van der Waals surface area contributed by atoms with E-state index in [-0.39, 0.29) is 11.2 Å². The van der Waals surface area contributed by atoms with Crippen LogP contribution < -0.4 is 9.47 Å². The molecule has 2 heterocycles. The molecule has 1 fully saturated rings. The van der Waals surface area contributed by atoms with Crippen LogP contribution in [0.3, 0.4) is 0 Å². The van der Waals surface area contributed by atoms with Crippen molar-refractivity contribution in [3.63, 3.8) is 0 Å². The summed E-state index contributed by atoms with van der Waals surface area (Å²) < 4.78 is 12.6. The number of rotatable bonds is 2. The molecule has 0 amide bonds. The summed E-state index contributed by atoms with van der Waals surface area (Å²) in [6.07, 6.45) is 3.09. The first-order valence-electron chi connectivity index (χ1n) is 7.72. The lowest BCUT2D eigenvalue weighted by molar-refractivity contribution is 0.0435. The SMILES string of the molecule is CC1(CC23CC2c2ccccc2O3)Cc2ccccc2O1. The Kier molecular flexibility index (Phi) is 2.01. The zero-order valence-corrected chi connectivity index (χ0v) is 12.1. The number of hydrogen-bond acceptors (Lipinski definition) is 2. The Labute approximate surface area is 124 Å². The fourth-order valence-electron chi connectivity index (χ4n) is 4.29. The fraction of sp³-hybridized carbons (Fsp3) is 0.368. The van der Waals surface area contributed by atoms with Crippen molar-refractivity contribution in [1.29, 1.82) is 0 Å². The third kappa shape index (κ3) is 1.59. The van der Waals surface area contributed by atoms with Crippen molar-refractivity contribution in [2.75, 3.05) is 0 Å².